The van der Waals surface area contributed by atoms with Crippen LogP contribution in [0.15, 0.2) is 72.3 Å². The standard InChI is InChI=1S/C23H13Cl2N3O5/c24-18-5-3-6-19(21(18)25)27-22(29)15(13-26)12-14-8-10-16(11-9-14)33-23(30)17-4-1-2-7-20(17)28(31)32/h1-12H,(H,27,29)/b15-12+. The molecule has 0 aromatic heterocycles. The van der Waals surface area contributed by atoms with E-state index in [1.165, 1.54) is 54.6 Å². The van der Waals surface area contributed by atoms with Crippen LogP contribution in [-0.4, -0.2) is 16.8 Å². The number of amides is 1. The highest BCUT2D eigenvalue weighted by molar-refractivity contribution is 6.44. The van der Waals surface area contributed by atoms with Crippen LogP contribution in [0.4, 0.5) is 11.4 Å². The van der Waals surface area contributed by atoms with Gasteiger partial charge in [-0.25, -0.2) is 4.79 Å². The molecular weight excluding hydrogens is 469 g/mol. The molecule has 0 radical (unpaired) electrons. The van der Waals surface area contributed by atoms with Gasteiger partial charge in [0, 0.05) is 6.07 Å². The molecule has 8 nitrogen and oxygen atoms in total. The first kappa shape index (κ1) is 23.5. The van der Waals surface area contributed by atoms with Crippen LogP contribution in [0.2, 0.25) is 10.0 Å². The smallest absolute Gasteiger partial charge is 0.350 e. The minimum absolute atomic E-state index is 0.129. The van der Waals surface area contributed by atoms with Gasteiger partial charge in [0.1, 0.15) is 23.0 Å². The molecule has 1 N–H and O–H groups in total. The van der Waals surface area contributed by atoms with E-state index in [1.54, 1.807) is 18.2 Å². The summed E-state index contributed by atoms with van der Waals surface area (Å²) in [6.45, 7) is 0. The molecule has 0 unspecified atom stereocenters. The average molecular weight is 482 g/mol. The van der Waals surface area contributed by atoms with Crippen LogP contribution in [0.5, 0.6) is 5.75 Å². The van der Waals surface area contributed by atoms with Crippen molar-refractivity contribution in [3.8, 4) is 11.8 Å². The number of benzene rings is 3. The Labute approximate surface area is 197 Å². The number of nitriles is 1. The van der Waals surface area contributed by atoms with E-state index in [4.69, 9.17) is 27.9 Å². The van der Waals surface area contributed by atoms with Crippen LogP contribution in [0.1, 0.15) is 15.9 Å². The highest BCUT2D eigenvalue weighted by atomic mass is 35.5. The summed E-state index contributed by atoms with van der Waals surface area (Å²) >= 11 is 12.0. The number of esters is 1. The Hall–Kier alpha value is -4.19. The number of nitrogens with zero attached hydrogens (tertiary/aromatic N) is 2. The Balaban J connectivity index is 1.74. The van der Waals surface area contributed by atoms with Crippen molar-refractivity contribution in [3.63, 3.8) is 0 Å². The summed E-state index contributed by atoms with van der Waals surface area (Å²) in [7, 11) is 0. The number of nitro groups is 1. The van der Waals surface area contributed by atoms with Crippen LogP contribution in [0.25, 0.3) is 6.08 Å². The Kier molecular flexibility index (Phi) is 7.41. The lowest BCUT2D eigenvalue weighted by Crippen LogP contribution is -2.13. The molecule has 0 fully saturated rings. The lowest BCUT2D eigenvalue weighted by Gasteiger charge is -2.08. The number of hydrogen-bond acceptors (Lipinski definition) is 6. The number of hydrogen-bond donors (Lipinski definition) is 1. The van der Waals surface area contributed by atoms with E-state index >= 15 is 0 Å². The van der Waals surface area contributed by atoms with Gasteiger partial charge in [-0.2, -0.15) is 5.26 Å². The predicted octanol–water partition coefficient (Wildman–Crippen LogP) is 5.67. The summed E-state index contributed by atoms with van der Waals surface area (Å²) in [5.74, 6) is -1.45. The van der Waals surface area contributed by atoms with Crippen molar-refractivity contribution >= 4 is 52.5 Å². The first-order valence-corrected chi connectivity index (χ1v) is 9.98. The topological polar surface area (TPSA) is 122 Å². The van der Waals surface area contributed by atoms with E-state index in [2.05, 4.69) is 5.32 Å². The fourth-order valence-electron chi connectivity index (χ4n) is 2.70. The lowest BCUT2D eigenvalue weighted by atomic mass is 10.1. The van der Waals surface area contributed by atoms with Crippen molar-refractivity contribution in [1.29, 1.82) is 5.26 Å². The second kappa shape index (κ2) is 10.4. The second-order valence-electron chi connectivity index (χ2n) is 6.46. The maximum Gasteiger partial charge on any atom is 0.350 e. The van der Waals surface area contributed by atoms with Gasteiger partial charge in [0.2, 0.25) is 0 Å². The third-order valence-corrected chi connectivity index (χ3v) is 5.11. The number of para-hydroxylation sites is 1. The average Bonchev–Trinajstić information content (AvgIpc) is 2.81. The highest BCUT2D eigenvalue weighted by Crippen LogP contribution is 2.30. The fourth-order valence-corrected chi connectivity index (χ4v) is 3.05. The van der Waals surface area contributed by atoms with Gasteiger partial charge in [0.05, 0.1) is 20.7 Å². The van der Waals surface area contributed by atoms with Crippen molar-refractivity contribution in [2.24, 2.45) is 0 Å². The number of halogens is 2. The minimum atomic E-state index is -0.888. The van der Waals surface area contributed by atoms with Gasteiger partial charge >= 0.3 is 5.97 Å². The number of nitro benzene ring substituents is 1. The Morgan fingerprint density at radius 3 is 2.39 bits per heavy atom. The van der Waals surface area contributed by atoms with Gasteiger partial charge < -0.3 is 10.1 Å². The van der Waals surface area contributed by atoms with Crippen molar-refractivity contribution in [2.45, 2.75) is 0 Å². The summed E-state index contributed by atoms with van der Waals surface area (Å²) in [4.78, 5) is 35.2. The molecule has 0 aliphatic rings. The highest BCUT2D eigenvalue weighted by Gasteiger charge is 2.21. The van der Waals surface area contributed by atoms with Crippen LogP contribution < -0.4 is 10.1 Å². The number of nitrogens with one attached hydrogen (secondary N) is 1. The molecule has 33 heavy (non-hydrogen) atoms. The van der Waals surface area contributed by atoms with Crippen LogP contribution in [-0.2, 0) is 4.79 Å². The first-order chi connectivity index (χ1) is 15.8. The van der Waals surface area contributed by atoms with Crippen molar-refractivity contribution in [2.75, 3.05) is 5.32 Å². The van der Waals surface area contributed by atoms with Gasteiger partial charge in [-0.3, -0.25) is 14.9 Å². The quantitative estimate of drug-likeness (QED) is 0.121. The normalized spacial score (nSPS) is 10.8. The van der Waals surface area contributed by atoms with Crippen molar-refractivity contribution < 1.29 is 19.2 Å². The third-order valence-electron chi connectivity index (χ3n) is 4.29. The summed E-state index contributed by atoms with van der Waals surface area (Å²) in [6, 6.07) is 17.8. The Morgan fingerprint density at radius 2 is 1.73 bits per heavy atom. The summed E-state index contributed by atoms with van der Waals surface area (Å²) in [5, 5.41) is 23.4. The molecule has 0 heterocycles. The second-order valence-corrected chi connectivity index (χ2v) is 7.24. The van der Waals surface area contributed by atoms with Crippen LogP contribution >= 0.6 is 23.2 Å². The van der Waals surface area contributed by atoms with E-state index in [0.717, 1.165) is 0 Å². The van der Waals surface area contributed by atoms with Crippen molar-refractivity contribution in [1.82, 2.24) is 0 Å². The summed E-state index contributed by atoms with van der Waals surface area (Å²) in [6.07, 6.45) is 1.33. The van der Waals surface area contributed by atoms with E-state index < -0.39 is 16.8 Å². The molecule has 0 aliphatic carbocycles. The van der Waals surface area contributed by atoms with Crippen LogP contribution in [0.3, 0.4) is 0 Å². The molecule has 164 valence electrons. The number of carbonyl (C=O) groups is 2. The maximum absolute atomic E-state index is 12.4. The minimum Gasteiger partial charge on any atom is -0.423 e. The van der Waals surface area contributed by atoms with E-state index in [-0.39, 0.29) is 38.3 Å². The zero-order valence-corrected chi connectivity index (χ0v) is 18.1. The van der Waals surface area contributed by atoms with Gasteiger partial charge in [0.15, 0.2) is 0 Å². The largest absolute Gasteiger partial charge is 0.423 e. The van der Waals surface area contributed by atoms with Crippen LogP contribution in [0, 0.1) is 21.4 Å². The number of rotatable bonds is 6. The van der Waals surface area contributed by atoms with Crippen molar-refractivity contribution in [3.05, 3.63) is 104 Å². The molecule has 0 aliphatic heterocycles. The zero-order chi connectivity index (χ0) is 24.0. The summed E-state index contributed by atoms with van der Waals surface area (Å²) in [5.41, 5.74) is -0.0196. The Morgan fingerprint density at radius 1 is 1.03 bits per heavy atom. The molecule has 0 saturated carbocycles. The van der Waals surface area contributed by atoms with Gasteiger partial charge in [-0.15, -0.1) is 0 Å². The van der Waals surface area contributed by atoms with E-state index in [0.29, 0.717) is 5.56 Å². The molecule has 0 spiro atoms. The van der Waals surface area contributed by atoms with E-state index in [9.17, 15) is 25.0 Å². The fraction of sp³-hybridized carbons (Fsp3) is 0. The first-order valence-electron chi connectivity index (χ1n) is 9.23. The SMILES string of the molecule is N#C/C(=C\c1ccc(OC(=O)c2ccccc2[N+](=O)[O-])cc1)C(=O)Nc1cccc(Cl)c1Cl. The molecular formula is C23H13Cl2N3O5. The molecule has 1 amide bonds. The van der Waals surface area contributed by atoms with Gasteiger partial charge in [-0.1, -0.05) is 53.5 Å². The summed E-state index contributed by atoms with van der Waals surface area (Å²) < 4.78 is 5.19. The molecule has 0 atom stereocenters. The molecule has 0 bridgehead atoms. The molecule has 10 heteroatoms. The molecule has 3 aromatic rings. The number of carbonyl (C=O) groups excluding carboxylic acids is 2. The number of anilines is 1. The molecule has 0 saturated heterocycles. The molecule has 3 aromatic carbocycles. The Bertz CT molecular complexity index is 1310. The zero-order valence-electron chi connectivity index (χ0n) is 16.6. The van der Waals surface area contributed by atoms with Gasteiger partial charge in [0.25, 0.3) is 11.6 Å². The monoisotopic (exact) mass is 481 g/mol. The van der Waals surface area contributed by atoms with E-state index in [1.807, 2.05) is 6.07 Å². The number of ether oxygens (including phenoxy) is 1. The lowest BCUT2D eigenvalue weighted by molar-refractivity contribution is -0.385. The van der Waals surface area contributed by atoms with Gasteiger partial charge in [-0.05, 0) is 42.0 Å². The third kappa shape index (κ3) is 5.74. The molecule has 3 rings (SSSR count). The maximum atomic E-state index is 12.4. The predicted molar refractivity (Wildman–Crippen MR) is 123 cm³/mol.